The van der Waals surface area contributed by atoms with Crippen LogP contribution in [0.1, 0.15) is 52.4 Å². The Morgan fingerprint density at radius 2 is 1.23 bits per heavy atom. The van der Waals surface area contributed by atoms with Gasteiger partial charge in [0.15, 0.2) is 0 Å². The summed E-state index contributed by atoms with van der Waals surface area (Å²) in [6.07, 6.45) is 14.1. The topological polar surface area (TPSA) is 0 Å². The van der Waals surface area contributed by atoms with Gasteiger partial charge in [-0.2, -0.15) is 12.8 Å². The molecule has 2 aliphatic carbocycles. The van der Waals surface area contributed by atoms with E-state index < -0.39 is 0 Å². The van der Waals surface area contributed by atoms with Crippen LogP contribution >= 0.6 is 0 Å². The van der Waals surface area contributed by atoms with Gasteiger partial charge in [0.25, 0.3) is 0 Å². The first-order valence-corrected chi connectivity index (χ1v) is 4.91. The molecule has 0 aliphatic heterocycles. The van der Waals surface area contributed by atoms with Crippen molar-refractivity contribution in [2.75, 3.05) is 0 Å². The van der Waals surface area contributed by atoms with E-state index >= 15 is 0 Å². The molecule has 1 heteroatoms. The molecule has 0 fully saturated rings. The van der Waals surface area contributed by atoms with Crippen molar-refractivity contribution in [3.05, 3.63) is 23.3 Å². The van der Waals surface area contributed by atoms with E-state index in [1.165, 1.54) is 49.7 Å². The molecule has 0 aromatic heterocycles. The van der Waals surface area contributed by atoms with Gasteiger partial charge in [-0.1, -0.05) is 39.5 Å². The second-order valence-corrected chi connectivity index (χ2v) is 3.62. The SMILES string of the molecule is CC1=[C-]CCC1.CC1=[C-]CCC1.[Ni+2]. The Kier molecular flexibility index (Phi) is 7.37. The van der Waals surface area contributed by atoms with Crippen molar-refractivity contribution in [2.24, 2.45) is 0 Å². The van der Waals surface area contributed by atoms with Crippen molar-refractivity contribution >= 4 is 0 Å². The number of hydrogen-bond acceptors (Lipinski definition) is 0. The van der Waals surface area contributed by atoms with Crippen LogP contribution in [0.15, 0.2) is 11.1 Å². The third kappa shape index (κ3) is 6.10. The van der Waals surface area contributed by atoms with E-state index in [-0.39, 0.29) is 16.5 Å². The van der Waals surface area contributed by atoms with Crippen LogP contribution in [0.4, 0.5) is 0 Å². The van der Waals surface area contributed by atoms with Gasteiger partial charge in [-0.05, 0) is 0 Å². The second kappa shape index (κ2) is 7.38. The predicted molar refractivity (Wildman–Crippen MR) is 52.6 cm³/mol. The quantitative estimate of drug-likeness (QED) is 0.430. The molecule has 2 aliphatic rings. The van der Waals surface area contributed by atoms with Crippen molar-refractivity contribution < 1.29 is 16.5 Å². The van der Waals surface area contributed by atoms with Crippen molar-refractivity contribution in [3.8, 4) is 0 Å². The van der Waals surface area contributed by atoms with Crippen molar-refractivity contribution in [1.82, 2.24) is 0 Å². The van der Waals surface area contributed by atoms with E-state index in [4.69, 9.17) is 0 Å². The molecule has 0 amide bonds. The Hall–Kier alpha value is -0.0265. The van der Waals surface area contributed by atoms with E-state index in [0.29, 0.717) is 0 Å². The smallest absolute Gasteiger partial charge is 0.497 e. The van der Waals surface area contributed by atoms with Gasteiger partial charge in [-0.15, -0.1) is 0 Å². The van der Waals surface area contributed by atoms with E-state index in [1.54, 1.807) is 0 Å². The molecular formula is C12H18Ni. The monoisotopic (exact) mass is 220 g/mol. The molecule has 0 saturated carbocycles. The number of hydrogen-bond donors (Lipinski definition) is 0. The molecule has 0 N–H and O–H groups in total. The first-order chi connectivity index (χ1) is 5.79. The third-order valence-corrected chi connectivity index (χ3v) is 2.31. The molecule has 0 bridgehead atoms. The molecule has 13 heavy (non-hydrogen) atoms. The van der Waals surface area contributed by atoms with E-state index in [2.05, 4.69) is 26.0 Å². The van der Waals surface area contributed by atoms with Gasteiger partial charge in [-0.25, -0.2) is 0 Å². The van der Waals surface area contributed by atoms with Crippen molar-refractivity contribution in [3.63, 3.8) is 0 Å². The molecule has 0 unspecified atom stereocenters. The molecule has 0 heterocycles. The van der Waals surface area contributed by atoms with E-state index in [0.717, 1.165) is 0 Å². The molecule has 76 valence electrons. The van der Waals surface area contributed by atoms with Gasteiger partial charge in [-0.3, -0.25) is 11.1 Å². The fraction of sp³-hybridized carbons (Fsp3) is 0.667. The summed E-state index contributed by atoms with van der Waals surface area (Å²) in [5, 5.41) is 0. The van der Waals surface area contributed by atoms with Gasteiger partial charge >= 0.3 is 16.5 Å². The molecule has 0 aromatic carbocycles. The van der Waals surface area contributed by atoms with Gasteiger partial charge in [0.2, 0.25) is 0 Å². The Bertz CT molecular complexity index is 167. The van der Waals surface area contributed by atoms with Gasteiger partial charge in [0, 0.05) is 0 Å². The Morgan fingerprint density at radius 3 is 1.31 bits per heavy atom. The summed E-state index contributed by atoms with van der Waals surface area (Å²) in [4.78, 5) is 0. The summed E-state index contributed by atoms with van der Waals surface area (Å²) in [5.41, 5.74) is 2.91. The molecule has 0 nitrogen and oxygen atoms in total. The summed E-state index contributed by atoms with van der Waals surface area (Å²) >= 11 is 0. The van der Waals surface area contributed by atoms with Gasteiger partial charge in [0.1, 0.15) is 0 Å². The first-order valence-electron chi connectivity index (χ1n) is 4.91. The zero-order valence-corrected chi connectivity index (χ0v) is 9.55. The minimum atomic E-state index is 0. The number of allylic oxidation sites excluding steroid dienone is 4. The van der Waals surface area contributed by atoms with E-state index in [1.807, 2.05) is 0 Å². The summed E-state index contributed by atoms with van der Waals surface area (Å²) in [6.45, 7) is 4.29. The molecule has 0 atom stereocenters. The molecule has 0 spiro atoms. The standard InChI is InChI=1S/2C6H9.Ni/c2*1-6-4-2-3-5-6;/h2*2-4H2,1H3;/q2*-1;+2. The minimum Gasteiger partial charge on any atom is -0.497 e. The average molecular weight is 221 g/mol. The molecule has 0 aromatic rings. The van der Waals surface area contributed by atoms with Crippen LogP contribution in [-0.4, -0.2) is 0 Å². The van der Waals surface area contributed by atoms with Crippen molar-refractivity contribution in [2.45, 2.75) is 52.4 Å². The first kappa shape index (κ1) is 13.0. The van der Waals surface area contributed by atoms with E-state index in [9.17, 15) is 0 Å². The van der Waals surface area contributed by atoms with Crippen LogP contribution in [0.2, 0.25) is 0 Å². The fourth-order valence-electron chi connectivity index (χ4n) is 1.49. The Labute approximate surface area is 92.4 Å². The fourth-order valence-corrected chi connectivity index (χ4v) is 1.49. The predicted octanol–water partition coefficient (Wildman–Crippen LogP) is 3.84. The Balaban J connectivity index is 0.000000206. The molecule has 0 saturated heterocycles. The summed E-state index contributed by atoms with van der Waals surface area (Å²) in [7, 11) is 0. The maximum Gasteiger partial charge on any atom is 2.00 e. The van der Waals surface area contributed by atoms with Gasteiger partial charge < -0.3 is 12.2 Å². The van der Waals surface area contributed by atoms with Crippen LogP contribution in [0, 0.1) is 12.2 Å². The Morgan fingerprint density at radius 1 is 0.846 bits per heavy atom. The molecule has 2 rings (SSSR count). The normalized spacial score (nSPS) is 19.5. The van der Waals surface area contributed by atoms with Crippen molar-refractivity contribution in [1.29, 1.82) is 0 Å². The van der Waals surface area contributed by atoms with Crippen LogP contribution < -0.4 is 0 Å². The zero-order valence-electron chi connectivity index (χ0n) is 8.56. The van der Waals surface area contributed by atoms with Gasteiger partial charge in [0.05, 0.1) is 0 Å². The maximum absolute atomic E-state index is 3.24. The van der Waals surface area contributed by atoms with Crippen LogP contribution in [0.5, 0.6) is 0 Å². The maximum atomic E-state index is 3.24. The summed E-state index contributed by atoms with van der Waals surface area (Å²) < 4.78 is 0. The largest absolute Gasteiger partial charge is 2.00 e. The average Bonchev–Trinajstić information content (AvgIpc) is 2.63. The second-order valence-electron chi connectivity index (χ2n) is 3.62. The molecule has 0 radical (unpaired) electrons. The zero-order chi connectivity index (χ0) is 8.81. The third-order valence-electron chi connectivity index (χ3n) is 2.31. The van der Waals surface area contributed by atoms with Crippen LogP contribution in [-0.2, 0) is 16.5 Å². The number of rotatable bonds is 0. The van der Waals surface area contributed by atoms with Crippen LogP contribution in [0.3, 0.4) is 0 Å². The van der Waals surface area contributed by atoms with Crippen LogP contribution in [0.25, 0.3) is 0 Å². The summed E-state index contributed by atoms with van der Waals surface area (Å²) in [5.74, 6) is 0. The minimum absolute atomic E-state index is 0. The summed E-state index contributed by atoms with van der Waals surface area (Å²) in [6, 6.07) is 0. The molecular weight excluding hydrogens is 203 g/mol.